The van der Waals surface area contributed by atoms with Crippen molar-refractivity contribution in [2.75, 3.05) is 19.6 Å². The molecule has 70 valence electrons. The first-order valence-electron chi connectivity index (χ1n) is 4.85. The van der Waals surface area contributed by atoms with Crippen LogP contribution in [-0.2, 0) is 0 Å². The number of rotatable bonds is 1. The monoisotopic (exact) mass is 179 g/mol. The lowest BCUT2D eigenvalue weighted by Gasteiger charge is -2.17. The van der Waals surface area contributed by atoms with Crippen LogP contribution in [-0.4, -0.2) is 34.7 Å². The van der Waals surface area contributed by atoms with Gasteiger partial charge in [0.1, 0.15) is 0 Å². The Labute approximate surface area is 76.9 Å². The average Bonchev–Trinajstić information content (AvgIpc) is 2.77. The fourth-order valence-corrected chi connectivity index (χ4v) is 2.53. The van der Waals surface area contributed by atoms with Crippen LogP contribution in [0, 0.1) is 12.8 Å². The standard InChI is InChI=1S/C9H13N3O/c1-6-10-9(13-11-6)8-5-12-3-2-7(8)4-12/h7-8H,2-5H2,1H3/t7-,8-/m1/s1. The van der Waals surface area contributed by atoms with E-state index in [0.29, 0.717) is 5.92 Å². The highest BCUT2D eigenvalue weighted by Crippen LogP contribution is 2.38. The van der Waals surface area contributed by atoms with Gasteiger partial charge in [0.15, 0.2) is 5.82 Å². The van der Waals surface area contributed by atoms with Gasteiger partial charge in [-0.25, -0.2) is 0 Å². The third kappa shape index (κ3) is 1.09. The number of aromatic nitrogens is 2. The van der Waals surface area contributed by atoms with E-state index in [4.69, 9.17) is 4.52 Å². The fraction of sp³-hybridized carbons (Fsp3) is 0.778. The normalized spacial score (nSPS) is 37.2. The van der Waals surface area contributed by atoms with E-state index in [9.17, 15) is 0 Å². The lowest BCUT2D eigenvalue weighted by atomic mass is 9.93. The van der Waals surface area contributed by atoms with Crippen molar-refractivity contribution >= 4 is 0 Å². The summed E-state index contributed by atoms with van der Waals surface area (Å²) in [7, 11) is 0. The van der Waals surface area contributed by atoms with Crippen LogP contribution < -0.4 is 0 Å². The quantitative estimate of drug-likeness (QED) is 0.639. The van der Waals surface area contributed by atoms with Gasteiger partial charge in [-0.15, -0.1) is 0 Å². The van der Waals surface area contributed by atoms with Crippen molar-refractivity contribution in [2.24, 2.45) is 5.92 Å². The minimum absolute atomic E-state index is 0.509. The largest absolute Gasteiger partial charge is 0.339 e. The maximum atomic E-state index is 5.21. The van der Waals surface area contributed by atoms with Crippen molar-refractivity contribution < 1.29 is 4.52 Å². The number of nitrogens with zero attached hydrogens (tertiary/aromatic N) is 3. The van der Waals surface area contributed by atoms with Crippen molar-refractivity contribution in [3.63, 3.8) is 0 Å². The van der Waals surface area contributed by atoms with E-state index in [1.165, 1.54) is 19.5 Å². The molecule has 0 N–H and O–H groups in total. The van der Waals surface area contributed by atoms with Crippen LogP contribution in [0.5, 0.6) is 0 Å². The zero-order chi connectivity index (χ0) is 8.84. The molecule has 2 bridgehead atoms. The minimum Gasteiger partial charge on any atom is -0.339 e. The third-order valence-electron chi connectivity index (χ3n) is 3.19. The smallest absolute Gasteiger partial charge is 0.231 e. The molecule has 3 rings (SSSR count). The van der Waals surface area contributed by atoms with Crippen molar-refractivity contribution in [2.45, 2.75) is 19.3 Å². The average molecular weight is 179 g/mol. The number of aryl methyl sites for hydroxylation is 1. The number of hydrogen-bond donors (Lipinski definition) is 0. The number of hydrogen-bond acceptors (Lipinski definition) is 4. The Kier molecular flexibility index (Phi) is 1.47. The maximum Gasteiger partial charge on any atom is 0.231 e. The molecule has 3 heterocycles. The zero-order valence-electron chi connectivity index (χ0n) is 7.73. The second-order valence-electron chi connectivity index (χ2n) is 4.09. The van der Waals surface area contributed by atoms with E-state index in [1.807, 2.05) is 6.92 Å². The van der Waals surface area contributed by atoms with E-state index in [1.54, 1.807) is 0 Å². The Bertz CT molecular complexity index is 322. The zero-order valence-corrected chi connectivity index (χ0v) is 7.73. The van der Waals surface area contributed by atoms with E-state index in [0.717, 1.165) is 24.2 Å². The van der Waals surface area contributed by atoms with E-state index >= 15 is 0 Å². The summed E-state index contributed by atoms with van der Waals surface area (Å²) in [4.78, 5) is 6.79. The van der Waals surface area contributed by atoms with Crippen LogP contribution in [0.3, 0.4) is 0 Å². The molecule has 0 saturated carbocycles. The van der Waals surface area contributed by atoms with Crippen LogP contribution in [0.15, 0.2) is 4.52 Å². The second-order valence-corrected chi connectivity index (χ2v) is 4.09. The Hall–Kier alpha value is -0.900. The molecule has 2 saturated heterocycles. The van der Waals surface area contributed by atoms with Gasteiger partial charge in [-0.3, -0.25) is 0 Å². The topological polar surface area (TPSA) is 42.2 Å². The van der Waals surface area contributed by atoms with Crippen molar-refractivity contribution in [3.05, 3.63) is 11.7 Å². The Morgan fingerprint density at radius 3 is 2.92 bits per heavy atom. The van der Waals surface area contributed by atoms with E-state index in [2.05, 4.69) is 15.0 Å². The Morgan fingerprint density at radius 1 is 1.46 bits per heavy atom. The first kappa shape index (κ1) is 7.50. The van der Waals surface area contributed by atoms with E-state index < -0.39 is 0 Å². The summed E-state index contributed by atoms with van der Waals surface area (Å²) >= 11 is 0. The molecule has 4 nitrogen and oxygen atoms in total. The molecule has 1 aromatic heterocycles. The van der Waals surface area contributed by atoms with E-state index in [-0.39, 0.29) is 0 Å². The molecule has 2 aliphatic rings. The molecular formula is C9H13N3O. The van der Waals surface area contributed by atoms with Gasteiger partial charge in [-0.05, 0) is 25.8 Å². The van der Waals surface area contributed by atoms with Crippen LogP contribution >= 0.6 is 0 Å². The van der Waals surface area contributed by atoms with Gasteiger partial charge in [0, 0.05) is 13.1 Å². The number of fused-ring (bicyclic) bond motifs is 2. The highest BCUT2D eigenvalue weighted by molar-refractivity contribution is 5.05. The van der Waals surface area contributed by atoms with Crippen molar-refractivity contribution in [1.82, 2.24) is 15.0 Å². The predicted molar refractivity (Wildman–Crippen MR) is 46.3 cm³/mol. The molecule has 3 atom stereocenters. The fourth-order valence-electron chi connectivity index (χ4n) is 2.53. The van der Waals surface area contributed by atoms with Gasteiger partial charge in [0.05, 0.1) is 5.92 Å². The Balaban J connectivity index is 1.87. The van der Waals surface area contributed by atoms with Gasteiger partial charge >= 0.3 is 0 Å². The summed E-state index contributed by atoms with van der Waals surface area (Å²) in [5, 5.41) is 3.84. The molecule has 0 amide bonds. The molecule has 1 aromatic rings. The van der Waals surface area contributed by atoms with Gasteiger partial charge in [0.2, 0.25) is 5.89 Å². The second kappa shape index (κ2) is 2.54. The molecular weight excluding hydrogens is 166 g/mol. The first-order valence-corrected chi connectivity index (χ1v) is 4.85. The summed E-state index contributed by atoms with van der Waals surface area (Å²) in [6.45, 7) is 5.48. The summed E-state index contributed by atoms with van der Waals surface area (Å²) < 4.78 is 5.21. The summed E-state index contributed by atoms with van der Waals surface area (Å²) in [5.74, 6) is 2.88. The van der Waals surface area contributed by atoms with Crippen molar-refractivity contribution in [1.29, 1.82) is 0 Å². The van der Waals surface area contributed by atoms with Gasteiger partial charge in [0.25, 0.3) is 0 Å². The van der Waals surface area contributed by atoms with Crippen LogP contribution in [0.25, 0.3) is 0 Å². The van der Waals surface area contributed by atoms with Crippen molar-refractivity contribution in [3.8, 4) is 0 Å². The van der Waals surface area contributed by atoms with Crippen LogP contribution in [0.4, 0.5) is 0 Å². The third-order valence-corrected chi connectivity index (χ3v) is 3.19. The summed E-state index contributed by atoms with van der Waals surface area (Å²) in [5.41, 5.74) is 0. The SMILES string of the molecule is Cc1noc([C@@H]2CN3CC[C@@H]2C3)n1. The molecule has 0 radical (unpaired) electrons. The van der Waals surface area contributed by atoms with Gasteiger partial charge in [-0.1, -0.05) is 5.16 Å². The van der Waals surface area contributed by atoms with Gasteiger partial charge in [-0.2, -0.15) is 4.98 Å². The molecule has 0 aliphatic carbocycles. The molecule has 13 heavy (non-hydrogen) atoms. The van der Waals surface area contributed by atoms with Gasteiger partial charge < -0.3 is 9.42 Å². The summed E-state index contributed by atoms with van der Waals surface area (Å²) in [6.07, 6.45) is 1.30. The lowest BCUT2D eigenvalue weighted by molar-refractivity contribution is 0.288. The minimum atomic E-state index is 0.509. The molecule has 2 aliphatic heterocycles. The lowest BCUT2D eigenvalue weighted by Crippen LogP contribution is -2.22. The molecule has 2 fully saturated rings. The molecule has 0 aromatic carbocycles. The molecule has 1 unspecified atom stereocenters. The summed E-state index contributed by atoms with van der Waals surface area (Å²) in [6, 6.07) is 0. The molecule has 4 heteroatoms. The highest BCUT2D eigenvalue weighted by Gasteiger charge is 2.41. The first-order chi connectivity index (χ1) is 6.33. The van der Waals surface area contributed by atoms with Crippen LogP contribution in [0.2, 0.25) is 0 Å². The maximum absolute atomic E-state index is 5.21. The highest BCUT2D eigenvalue weighted by atomic mass is 16.5. The Morgan fingerprint density at radius 2 is 2.38 bits per heavy atom. The predicted octanol–water partition coefficient (Wildman–Crippen LogP) is 0.797. The van der Waals surface area contributed by atoms with Crippen LogP contribution in [0.1, 0.15) is 24.1 Å². The molecule has 0 spiro atoms. The number of piperidine rings is 1.